The van der Waals surface area contributed by atoms with Crippen LogP contribution in [0.25, 0.3) is 10.1 Å². The van der Waals surface area contributed by atoms with Crippen LogP contribution >= 0.6 is 11.3 Å². The van der Waals surface area contributed by atoms with E-state index in [0.717, 1.165) is 10.3 Å². The molecule has 1 heterocycles. The van der Waals surface area contributed by atoms with E-state index >= 15 is 0 Å². The van der Waals surface area contributed by atoms with Crippen molar-refractivity contribution in [1.29, 1.82) is 0 Å². The fraction of sp³-hybridized carbons (Fsp3) is 0.0588. The zero-order valence-electron chi connectivity index (χ0n) is 14.0. The fourth-order valence-corrected chi connectivity index (χ4v) is 4.18. The molecule has 3 amide bonds. The molecule has 27 heavy (non-hydrogen) atoms. The van der Waals surface area contributed by atoms with Gasteiger partial charge in [-0.3, -0.25) is 10.0 Å². The van der Waals surface area contributed by atoms with Crippen LogP contribution in [0.15, 0.2) is 53.4 Å². The van der Waals surface area contributed by atoms with Gasteiger partial charge in [-0.05, 0) is 48.7 Å². The van der Waals surface area contributed by atoms with Crippen molar-refractivity contribution in [3.05, 3.63) is 59.0 Å². The summed E-state index contributed by atoms with van der Waals surface area (Å²) < 4.78 is 27.2. The van der Waals surface area contributed by atoms with Crippen molar-refractivity contribution in [2.24, 2.45) is 0 Å². The quantitative estimate of drug-likeness (QED) is 0.392. The monoisotopic (exact) mass is 405 g/mol. The molecule has 2 aromatic carbocycles. The first-order valence-corrected chi connectivity index (χ1v) is 9.97. The number of nitrogens with one attached hydrogen (secondary N) is 3. The molecule has 0 radical (unpaired) electrons. The van der Waals surface area contributed by atoms with Gasteiger partial charge in [0.2, 0.25) is 0 Å². The molecular formula is C17H15N3O5S2. The molecule has 4 N–H and O–H groups in total. The largest absolute Gasteiger partial charge is 0.333 e. The first-order chi connectivity index (χ1) is 12.8. The van der Waals surface area contributed by atoms with E-state index in [2.05, 4.69) is 5.32 Å². The van der Waals surface area contributed by atoms with E-state index in [9.17, 15) is 18.0 Å². The van der Waals surface area contributed by atoms with E-state index in [1.54, 1.807) is 41.9 Å². The Bertz CT molecular complexity index is 1120. The molecule has 0 saturated carbocycles. The van der Waals surface area contributed by atoms with Crippen molar-refractivity contribution in [2.75, 3.05) is 5.32 Å². The van der Waals surface area contributed by atoms with Crippen LogP contribution in [0.4, 0.5) is 10.5 Å². The van der Waals surface area contributed by atoms with Crippen molar-refractivity contribution in [3.8, 4) is 0 Å². The summed E-state index contributed by atoms with van der Waals surface area (Å²) in [5, 5.41) is 11.8. The highest BCUT2D eigenvalue weighted by Crippen LogP contribution is 2.28. The smallest absolute Gasteiger partial charge is 0.307 e. The number of amides is 3. The minimum Gasteiger partial charge on any atom is -0.307 e. The van der Waals surface area contributed by atoms with Crippen LogP contribution in [0.1, 0.15) is 15.2 Å². The maximum Gasteiger partial charge on any atom is 0.333 e. The number of hydrogen-bond donors (Lipinski definition) is 4. The lowest BCUT2D eigenvalue weighted by molar-refractivity contribution is 0.0711. The van der Waals surface area contributed by atoms with Crippen LogP contribution in [-0.2, 0) is 10.0 Å². The minimum absolute atomic E-state index is 0.0174. The number of urea groups is 1. The molecule has 10 heteroatoms. The first kappa shape index (κ1) is 18.8. The third kappa shape index (κ3) is 4.25. The summed E-state index contributed by atoms with van der Waals surface area (Å²) in [6, 6.07) is 11.6. The van der Waals surface area contributed by atoms with E-state index in [1.165, 1.54) is 23.5 Å². The van der Waals surface area contributed by atoms with Gasteiger partial charge in [-0.15, -0.1) is 11.3 Å². The Labute approximate surface area is 158 Å². The van der Waals surface area contributed by atoms with Crippen LogP contribution in [0, 0.1) is 6.92 Å². The number of thiophene rings is 1. The van der Waals surface area contributed by atoms with Crippen molar-refractivity contribution >= 4 is 49.1 Å². The molecular weight excluding hydrogens is 390 g/mol. The third-order valence-electron chi connectivity index (χ3n) is 3.66. The van der Waals surface area contributed by atoms with Crippen molar-refractivity contribution in [2.45, 2.75) is 11.8 Å². The Balaban J connectivity index is 1.75. The van der Waals surface area contributed by atoms with Gasteiger partial charge in [-0.1, -0.05) is 17.7 Å². The summed E-state index contributed by atoms with van der Waals surface area (Å²) in [7, 11) is -3.99. The summed E-state index contributed by atoms with van der Waals surface area (Å²) in [5.41, 5.74) is 2.81. The van der Waals surface area contributed by atoms with E-state index in [0.29, 0.717) is 16.0 Å². The highest BCUT2D eigenvalue weighted by atomic mass is 32.2. The van der Waals surface area contributed by atoms with Gasteiger partial charge in [0, 0.05) is 10.4 Å². The van der Waals surface area contributed by atoms with E-state index < -0.39 is 22.0 Å². The molecule has 3 aromatic rings. The summed E-state index contributed by atoms with van der Waals surface area (Å²) in [6.07, 6.45) is 0. The Morgan fingerprint density at radius 3 is 2.41 bits per heavy atom. The predicted molar refractivity (Wildman–Crippen MR) is 102 cm³/mol. The molecule has 0 fully saturated rings. The topological polar surface area (TPSA) is 125 Å². The van der Waals surface area contributed by atoms with Gasteiger partial charge in [-0.2, -0.15) is 0 Å². The zero-order valence-corrected chi connectivity index (χ0v) is 15.6. The number of hydrogen-bond acceptors (Lipinski definition) is 6. The van der Waals surface area contributed by atoms with Crippen molar-refractivity contribution < 1.29 is 23.2 Å². The van der Waals surface area contributed by atoms with Gasteiger partial charge in [0.15, 0.2) is 0 Å². The fourth-order valence-electron chi connectivity index (χ4n) is 2.34. The average molecular weight is 405 g/mol. The SMILES string of the molecule is Cc1ccc(S(=O)(=O)NC(=O)Nc2ccc3sc(C(=O)NO)cc3c2)cc1. The average Bonchev–Trinajstić information content (AvgIpc) is 3.04. The third-order valence-corrected chi connectivity index (χ3v) is 6.12. The van der Waals surface area contributed by atoms with Gasteiger partial charge < -0.3 is 5.32 Å². The highest BCUT2D eigenvalue weighted by molar-refractivity contribution is 7.90. The number of aryl methyl sites for hydroxylation is 1. The lowest BCUT2D eigenvalue weighted by Crippen LogP contribution is -2.34. The zero-order chi connectivity index (χ0) is 19.6. The number of carbonyl (C=O) groups is 2. The molecule has 3 rings (SSSR count). The van der Waals surface area contributed by atoms with Crippen LogP contribution in [0.3, 0.4) is 0 Å². The molecule has 1 aromatic heterocycles. The molecule has 140 valence electrons. The molecule has 0 aliphatic heterocycles. The highest BCUT2D eigenvalue weighted by Gasteiger charge is 2.17. The lowest BCUT2D eigenvalue weighted by Gasteiger charge is -2.09. The van der Waals surface area contributed by atoms with Crippen LogP contribution in [0.2, 0.25) is 0 Å². The molecule has 0 bridgehead atoms. The van der Waals surface area contributed by atoms with Crippen LogP contribution in [0.5, 0.6) is 0 Å². The lowest BCUT2D eigenvalue weighted by atomic mass is 10.2. The van der Waals surface area contributed by atoms with Gasteiger partial charge in [-0.25, -0.2) is 23.4 Å². The first-order valence-electron chi connectivity index (χ1n) is 7.67. The van der Waals surface area contributed by atoms with Gasteiger partial charge in [0.25, 0.3) is 15.9 Å². The second-order valence-electron chi connectivity index (χ2n) is 5.68. The standard InChI is InChI=1S/C17H15N3O5S2/c1-10-2-5-13(6-3-10)27(24,25)20-17(22)18-12-4-7-14-11(8-12)9-15(26-14)16(21)19-23/h2-9,23H,1H3,(H,19,21)(H2,18,20,22). The Hall–Kier alpha value is -2.95. The van der Waals surface area contributed by atoms with Crippen molar-refractivity contribution in [1.82, 2.24) is 10.2 Å². The Morgan fingerprint density at radius 1 is 1.04 bits per heavy atom. The summed E-state index contributed by atoms with van der Waals surface area (Å²) in [4.78, 5) is 23.8. The number of hydroxylamine groups is 1. The number of carbonyl (C=O) groups excluding carboxylic acids is 2. The molecule has 0 aliphatic carbocycles. The number of benzene rings is 2. The van der Waals surface area contributed by atoms with Crippen LogP contribution < -0.4 is 15.5 Å². The predicted octanol–water partition coefficient (Wildman–Crippen LogP) is 2.84. The summed E-state index contributed by atoms with van der Waals surface area (Å²) >= 11 is 1.17. The molecule has 0 unspecified atom stereocenters. The van der Waals surface area contributed by atoms with E-state index in [1.807, 2.05) is 11.6 Å². The van der Waals surface area contributed by atoms with Gasteiger partial charge in [0.1, 0.15) is 0 Å². The molecule has 0 atom stereocenters. The maximum absolute atomic E-state index is 12.2. The molecule has 0 aliphatic rings. The maximum atomic E-state index is 12.2. The summed E-state index contributed by atoms with van der Waals surface area (Å²) in [5.74, 6) is -0.632. The van der Waals surface area contributed by atoms with E-state index in [-0.39, 0.29) is 4.90 Å². The van der Waals surface area contributed by atoms with Gasteiger partial charge in [0.05, 0.1) is 9.77 Å². The van der Waals surface area contributed by atoms with Gasteiger partial charge >= 0.3 is 6.03 Å². The molecule has 0 spiro atoms. The Morgan fingerprint density at radius 2 is 1.74 bits per heavy atom. The number of fused-ring (bicyclic) bond motifs is 1. The number of sulfonamides is 1. The second kappa shape index (κ2) is 7.35. The normalized spacial score (nSPS) is 11.2. The summed E-state index contributed by atoms with van der Waals surface area (Å²) in [6.45, 7) is 1.83. The van der Waals surface area contributed by atoms with Crippen LogP contribution in [-0.4, -0.2) is 25.6 Å². The Kier molecular flexibility index (Phi) is 5.13. The van der Waals surface area contributed by atoms with E-state index in [4.69, 9.17) is 5.21 Å². The number of anilines is 1. The second-order valence-corrected chi connectivity index (χ2v) is 8.44. The van der Waals surface area contributed by atoms with Crippen molar-refractivity contribution in [3.63, 3.8) is 0 Å². The number of rotatable bonds is 4. The molecule has 8 nitrogen and oxygen atoms in total. The minimum atomic E-state index is -3.99. The molecule has 0 saturated heterocycles.